The number of rotatable bonds is 6. The molecule has 19 heavy (non-hydrogen) atoms. The minimum Gasteiger partial charge on any atom is -0.494 e. The summed E-state index contributed by atoms with van der Waals surface area (Å²) in [5.41, 5.74) is 1.56. The summed E-state index contributed by atoms with van der Waals surface area (Å²) >= 11 is 0. The Morgan fingerprint density at radius 1 is 1.42 bits per heavy atom. The molecule has 0 radical (unpaired) electrons. The van der Waals surface area contributed by atoms with Gasteiger partial charge in [-0.3, -0.25) is 9.59 Å². The number of amides is 1. The van der Waals surface area contributed by atoms with Crippen molar-refractivity contribution in [1.82, 2.24) is 0 Å². The number of aryl methyl sites for hydroxylation is 1. The van der Waals surface area contributed by atoms with E-state index >= 15 is 0 Å². The zero-order valence-corrected chi connectivity index (χ0v) is 11.4. The first-order chi connectivity index (χ1) is 8.93. The van der Waals surface area contributed by atoms with Gasteiger partial charge in [-0.15, -0.1) is 0 Å². The Kier molecular flexibility index (Phi) is 5.36. The lowest BCUT2D eigenvalue weighted by Crippen LogP contribution is -2.22. The van der Waals surface area contributed by atoms with E-state index in [9.17, 15) is 9.59 Å². The lowest BCUT2D eigenvalue weighted by molar-refractivity contribution is -0.139. The van der Waals surface area contributed by atoms with Crippen LogP contribution in [-0.2, 0) is 9.59 Å². The molecule has 1 rings (SSSR count). The van der Waals surface area contributed by atoms with Crippen LogP contribution in [0.25, 0.3) is 0 Å². The fourth-order valence-electron chi connectivity index (χ4n) is 1.66. The molecule has 0 aromatic heterocycles. The van der Waals surface area contributed by atoms with Crippen LogP contribution in [0, 0.1) is 12.8 Å². The van der Waals surface area contributed by atoms with E-state index in [1.165, 1.54) is 0 Å². The molecule has 1 unspecified atom stereocenters. The van der Waals surface area contributed by atoms with Crippen molar-refractivity contribution >= 4 is 17.6 Å². The van der Waals surface area contributed by atoms with Gasteiger partial charge in [0.25, 0.3) is 0 Å². The maximum absolute atomic E-state index is 11.8. The standard InChI is InChI=1S/C14H19NO4/c1-4-19-12-6-5-11(7-9(12)2)15-14(18)10(3)8-13(16)17/h5-7,10H,4,8H2,1-3H3,(H,15,18)(H,16,17). The summed E-state index contributed by atoms with van der Waals surface area (Å²) in [5.74, 6) is -1.07. The number of hydrogen-bond acceptors (Lipinski definition) is 3. The first kappa shape index (κ1) is 15.0. The lowest BCUT2D eigenvalue weighted by Gasteiger charge is -2.12. The maximum Gasteiger partial charge on any atom is 0.304 e. The van der Waals surface area contributed by atoms with Crippen molar-refractivity contribution in [3.05, 3.63) is 23.8 Å². The Morgan fingerprint density at radius 2 is 2.11 bits per heavy atom. The lowest BCUT2D eigenvalue weighted by atomic mass is 10.1. The van der Waals surface area contributed by atoms with E-state index in [0.29, 0.717) is 12.3 Å². The van der Waals surface area contributed by atoms with E-state index in [-0.39, 0.29) is 12.3 Å². The number of anilines is 1. The van der Waals surface area contributed by atoms with Crippen molar-refractivity contribution in [1.29, 1.82) is 0 Å². The minimum atomic E-state index is -0.981. The van der Waals surface area contributed by atoms with E-state index in [1.807, 2.05) is 13.8 Å². The van der Waals surface area contributed by atoms with Gasteiger partial charge in [0, 0.05) is 11.6 Å². The number of hydrogen-bond donors (Lipinski definition) is 2. The smallest absolute Gasteiger partial charge is 0.304 e. The van der Waals surface area contributed by atoms with Gasteiger partial charge in [-0.1, -0.05) is 6.92 Å². The van der Waals surface area contributed by atoms with Crippen molar-refractivity contribution in [2.75, 3.05) is 11.9 Å². The molecule has 0 aliphatic carbocycles. The van der Waals surface area contributed by atoms with Crippen molar-refractivity contribution in [3.63, 3.8) is 0 Å². The second-order valence-corrected chi connectivity index (χ2v) is 4.40. The van der Waals surface area contributed by atoms with Crippen molar-refractivity contribution in [2.24, 2.45) is 5.92 Å². The Hall–Kier alpha value is -2.04. The Morgan fingerprint density at radius 3 is 2.63 bits per heavy atom. The fraction of sp³-hybridized carbons (Fsp3) is 0.429. The highest BCUT2D eigenvalue weighted by Gasteiger charge is 2.16. The first-order valence-corrected chi connectivity index (χ1v) is 6.20. The second-order valence-electron chi connectivity index (χ2n) is 4.40. The molecule has 0 saturated carbocycles. The normalized spacial score (nSPS) is 11.7. The van der Waals surface area contributed by atoms with E-state index in [2.05, 4.69) is 5.32 Å². The van der Waals surface area contributed by atoms with Crippen LogP contribution in [0.2, 0.25) is 0 Å². The molecule has 104 valence electrons. The van der Waals surface area contributed by atoms with Gasteiger partial charge in [-0.25, -0.2) is 0 Å². The average Bonchev–Trinajstić information content (AvgIpc) is 2.32. The number of carbonyl (C=O) groups excluding carboxylic acids is 1. The zero-order chi connectivity index (χ0) is 14.4. The second kappa shape index (κ2) is 6.78. The number of benzene rings is 1. The summed E-state index contributed by atoms with van der Waals surface area (Å²) in [6.45, 7) is 5.97. The largest absolute Gasteiger partial charge is 0.494 e. The van der Waals surface area contributed by atoms with Crippen LogP contribution in [0.15, 0.2) is 18.2 Å². The molecule has 5 heteroatoms. The van der Waals surface area contributed by atoms with Crippen LogP contribution in [-0.4, -0.2) is 23.6 Å². The number of carboxylic acid groups (broad SMARTS) is 1. The third-order valence-electron chi connectivity index (χ3n) is 2.67. The summed E-state index contributed by atoms with van der Waals surface area (Å²) in [7, 11) is 0. The summed E-state index contributed by atoms with van der Waals surface area (Å²) in [6.07, 6.45) is -0.179. The van der Waals surface area contributed by atoms with Gasteiger partial charge in [-0.2, -0.15) is 0 Å². The van der Waals surface area contributed by atoms with Crippen LogP contribution in [0.5, 0.6) is 5.75 Å². The van der Waals surface area contributed by atoms with Gasteiger partial charge in [0.15, 0.2) is 0 Å². The van der Waals surface area contributed by atoms with E-state index < -0.39 is 11.9 Å². The first-order valence-electron chi connectivity index (χ1n) is 6.20. The van der Waals surface area contributed by atoms with Crippen molar-refractivity contribution in [2.45, 2.75) is 27.2 Å². The minimum absolute atomic E-state index is 0.179. The molecule has 1 atom stereocenters. The molecule has 1 amide bonds. The van der Waals surface area contributed by atoms with Crippen molar-refractivity contribution in [3.8, 4) is 5.75 Å². The van der Waals surface area contributed by atoms with E-state index in [0.717, 1.165) is 11.3 Å². The van der Waals surface area contributed by atoms with E-state index in [4.69, 9.17) is 9.84 Å². The molecule has 0 heterocycles. The molecule has 0 bridgehead atoms. The van der Waals surface area contributed by atoms with Gasteiger partial charge in [0.05, 0.1) is 13.0 Å². The molecule has 2 N–H and O–H groups in total. The quantitative estimate of drug-likeness (QED) is 0.828. The Bertz CT molecular complexity index is 471. The number of aliphatic carboxylic acids is 1. The van der Waals surface area contributed by atoms with Crippen LogP contribution < -0.4 is 10.1 Å². The van der Waals surface area contributed by atoms with Crippen LogP contribution in [0.4, 0.5) is 5.69 Å². The third-order valence-corrected chi connectivity index (χ3v) is 2.67. The summed E-state index contributed by atoms with van der Waals surface area (Å²) in [6, 6.07) is 5.33. The number of nitrogens with one attached hydrogen (secondary N) is 1. The fourth-order valence-corrected chi connectivity index (χ4v) is 1.66. The average molecular weight is 265 g/mol. The summed E-state index contributed by atoms with van der Waals surface area (Å²) in [5, 5.41) is 11.3. The van der Waals surface area contributed by atoms with Gasteiger partial charge in [-0.05, 0) is 37.6 Å². The molecule has 1 aromatic rings. The van der Waals surface area contributed by atoms with Gasteiger partial charge in [0.2, 0.25) is 5.91 Å². The molecule has 1 aromatic carbocycles. The van der Waals surface area contributed by atoms with Gasteiger partial charge in [0.1, 0.15) is 5.75 Å². The Labute approximate surface area is 112 Å². The van der Waals surface area contributed by atoms with Crippen LogP contribution in [0.1, 0.15) is 25.8 Å². The number of carbonyl (C=O) groups is 2. The highest BCUT2D eigenvalue weighted by molar-refractivity contribution is 5.94. The van der Waals surface area contributed by atoms with Crippen LogP contribution in [0.3, 0.4) is 0 Å². The zero-order valence-electron chi connectivity index (χ0n) is 11.4. The van der Waals surface area contributed by atoms with Gasteiger partial charge >= 0.3 is 5.97 Å². The number of carboxylic acids is 1. The SMILES string of the molecule is CCOc1ccc(NC(=O)C(C)CC(=O)O)cc1C. The topological polar surface area (TPSA) is 75.6 Å². The third kappa shape index (κ3) is 4.62. The van der Waals surface area contributed by atoms with E-state index in [1.54, 1.807) is 25.1 Å². The van der Waals surface area contributed by atoms with Gasteiger partial charge < -0.3 is 15.2 Å². The predicted octanol–water partition coefficient (Wildman–Crippen LogP) is 2.44. The Balaban J connectivity index is 2.69. The predicted molar refractivity (Wildman–Crippen MR) is 72.4 cm³/mol. The maximum atomic E-state index is 11.8. The molecular formula is C14H19NO4. The molecule has 5 nitrogen and oxygen atoms in total. The molecule has 0 aliphatic heterocycles. The van der Waals surface area contributed by atoms with Crippen molar-refractivity contribution < 1.29 is 19.4 Å². The molecule has 0 saturated heterocycles. The molecular weight excluding hydrogens is 246 g/mol. The van der Waals surface area contributed by atoms with Crippen LogP contribution >= 0.6 is 0 Å². The molecule has 0 fully saturated rings. The molecule has 0 spiro atoms. The highest BCUT2D eigenvalue weighted by Crippen LogP contribution is 2.22. The number of ether oxygens (including phenoxy) is 1. The molecule has 0 aliphatic rings. The monoisotopic (exact) mass is 265 g/mol. The summed E-state index contributed by atoms with van der Waals surface area (Å²) in [4.78, 5) is 22.3. The highest BCUT2D eigenvalue weighted by atomic mass is 16.5. The summed E-state index contributed by atoms with van der Waals surface area (Å²) < 4.78 is 5.41.